The first-order valence-corrected chi connectivity index (χ1v) is 8.58. The highest BCUT2D eigenvalue weighted by molar-refractivity contribution is 5.51. The summed E-state index contributed by atoms with van der Waals surface area (Å²) >= 11 is 0. The quantitative estimate of drug-likeness (QED) is 0.794. The molecule has 3 heterocycles. The van der Waals surface area contributed by atoms with Crippen LogP contribution in [0, 0.1) is 6.92 Å². The summed E-state index contributed by atoms with van der Waals surface area (Å²) in [5.41, 5.74) is 3.96. The molecule has 0 unspecified atom stereocenters. The van der Waals surface area contributed by atoms with Crippen molar-refractivity contribution < 1.29 is 0 Å². The molecule has 0 atom stereocenters. The first-order chi connectivity index (χ1) is 12.3. The molecule has 1 N–H and O–H groups in total. The van der Waals surface area contributed by atoms with E-state index in [0.29, 0.717) is 6.54 Å². The molecule has 0 saturated carbocycles. The third kappa shape index (κ3) is 3.60. The van der Waals surface area contributed by atoms with E-state index < -0.39 is 0 Å². The zero-order chi connectivity index (χ0) is 17.1. The second-order valence-electron chi connectivity index (χ2n) is 6.31. The van der Waals surface area contributed by atoms with Crippen molar-refractivity contribution in [3.63, 3.8) is 0 Å². The third-order valence-corrected chi connectivity index (χ3v) is 4.48. The van der Waals surface area contributed by atoms with Crippen molar-refractivity contribution in [2.75, 3.05) is 16.8 Å². The van der Waals surface area contributed by atoms with Crippen LogP contribution in [0.15, 0.2) is 54.9 Å². The number of anilines is 2. The predicted octanol–water partition coefficient (Wildman–Crippen LogP) is 3.35. The van der Waals surface area contributed by atoms with Gasteiger partial charge in [-0.3, -0.25) is 4.98 Å². The van der Waals surface area contributed by atoms with Gasteiger partial charge < -0.3 is 10.2 Å². The Morgan fingerprint density at radius 1 is 1.08 bits per heavy atom. The van der Waals surface area contributed by atoms with E-state index in [0.717, 1.165) is 42.5 Å². The second kappa shape index (κ2) is 6.89. The molecular formula is C20H21N5. The molecule has 4 rings (SSSR count). The molecule has 0 fully saturated rings. The Balaban J connectivity index is 1.52. The van der Waals surface area contributed by atoms with Crippen LogP contribution in [-0.2, 0) is 19.5 Å². The highest BCUT2D eigenvalue weighted by Crippen LogP contribution is 2.24. The number of pyridine rings is 1. The summed E-state index contributed by atoms with van der Waals surface area (Å²) in [6, 6.07) is 14.7. The zero-order valence-electron chi connectivity index (χ0n) is 14.3. The van der Waals surface area contributed by atoms with Crippen molar-refractivity contribution in [3.05, 3.63) is 77.4 Å². The van der Waals surface area contributed by atoms with Gasteiger partial charge >= 0.3 is 0 Å². The number of fused-ring (bicyclic) bond motifs is 1. The van der Waals surface area contributed by atoms with Crippen molar-refractivity contribution in [1.82, 2.24) is 15.0 Å². The molecule has 0 radical (unpaired) electrons. The summed E-state index contributed by atoms with van der Waals surface area (Å²) in [5.74, 6) is 2.62. The Hall–Kier alpha value is -2.95. The number of rotatable bonds is 4. The van der Waals surface area contributed by atoms with Gasteiger partial charge in [-0.15, -0.1) is 0 Å². The first-order valence-electron chi connectivity index (χ1n) is 8.58. The molecule has 25 heavy (non-hydrogen) atoms. The molecule has 5 nitrogen and oxygen atoms in total. The summed E-state index contributed by atoms with van der Waals surface area (Å²) in [6.45, 7) is 4.52. The van der Waals surface area contributed by atoms with E-state index in [2.05, 4.69) is 55.5 Å². The van der Waals surface area contributed by atoms with Gasteiger partial charge in [0.05, 0.1) is 0 Å². The molecule has 0 bridgehead atoms. The van der Waals surface area contributed by atoms with E-state index in [1.807, 2.05) is 25.3 Å². The van der Waals surface area contributed by atoms with E-state index >= 15 is 0 Å². The molecule has 0 saturated heterocycles. The lowest BCUT2D eigenvalue weighted by Gasteiger charge is -2.30. The van der Waals surface area contributed by atoms with Gasteiger partial charge in [-0.25, -0.2) is 9.97 Å². The van der Waals surface area contributed by atoms with Crippen LogP contribution in [0.5, 0.6) is 0 Å². The largest absolute Gasteiger partial charge is 0.366 e. The molecular weight excluding hydrogens is 310 g/mol. The summed E-state index contributed by atoms with van der Waals surface area (Å²) in [4.78, 5) is 15.6. The fourth-order valence-electron chi connectivity index (χ4n) is 3.19. The Bertz CT molecular complexity index is 863. The summed E-state index contributed by atoms with van der Waals surface area (Å²) in [7, 11) is 0. The molecule has 1 aliphatic heterocycles. The second-order valence-corrected chi connectivity index (χ2v) is 6.31. The topological polar surface area (TPSA) is 53.9 Å². The maximum Gasteiger partial charge on any atom is 0.134 e. The number of aryl methyl sites for hydroxylation is 1. The van der Waals surface area contributed by atoms with Crippen LogP contribution >= 0.6 is 0 Å². The van der Waals surface area contributed by atoms with Crippen LogP contribution < -0.4 is 10.2 Å². The summed E-state index contributed by atoms with van der Waals surface area (Å²) in [6.07, 6.45) is 4.70. The average molecular weight is 331 g/mol. The predicted molar refractivity (Wildman–Crippen MR) is 99.5 cm³/mol. The van der Waals surface area contributed by atoms with Crippen LogP contribution in [0.4, 0.5) is 11.6 Å². The van der Waals surface area contributed by atoms with Crippen LogP contribution in [0.25, 0.3) is 0 Å². The maximum atomic E-state index is 4.65. The van der Waals surface area contributed by atoms with E-state index in [9.17, 15) is 0 Å². The maximum absolute atomic E-state index is 4.65. The highest BCUT2D eigenvalue weighted by Gasteiger charge is 2.18. The molecule has 0 aliphatic carbocycles. The van der Waals surface area contributed by atoms with E-state index in [4.69, 9.17) is 0 Å². The van der Waals surface area contributed by atoms with Crippen LogP contribution in [0.3, 0.4) is 0 Å². The fraction of sp³-hybridized carbons (Fsp3) is 0.250. The molecule has 5 heteroatoms. The summed E-state index contributed by atoms with van der Waals surface area (Å²) < 4.78 is 0. The highest BCUT2D eigenvalue weighted by atomic mass is 15.2. The normalized spacial score (nSPS) is 13.4. The fourth-order valence-corrected chi connectivity index (χ4v) is 3.19. The van der Waals surface area contributed by atoms with E-state index in [1.165, 1.54) is 11.1 Å². The van der Waals surface area contributed by atoms with Gasteiger partial charge in [-0.05, 0) is 36.1 Å². The minimum Gasteiger partial charge on any atom is -0.366 e. The van der Waals surface area contributed by atoms with Crippen molar-refractivity contribution >= 4 is 11.6 Å². The molecule has 0 amide bonds. The van der Waals surface area contributed by atoms with Crippen LogP contribution in [0.2, 0.25) is 0 Å². The van der Waals surface area contributed by atoms with Crippen molar-refractivity contribution in [1.29, 1.82) is 0 Å². The number of benzene rings is 1. The van der Waals surface area contributed by atoms with Crippen molar-refractivity contribution in [2.24, 2.45) is 0 Å². The van der Waals surface area contributed by atoms with Crippen LogP contribution in [0.1, 0.15) is 22.5 Å². The van der Waals surface area contributed by atoms with E-state index in [-0.39, 0.29) is 0 Å². The van der Waals surface area contributed by atoms with Gasteiger partial charge in [0.1, 0.15) is 17.5 Å². The standard InChI is InChI=1S/C20H21N5/c1-15-23-19(22-13-16-5-4-9-21-12-16)11-20(24-15)25-10-8-17-6-2-3-7-18(17)14-25/h2-7,9,11-12H,8,10,13-14H2,1H3,(H,22,23,24). The Morgan fingerprint density at radius 2 is 1.96 bits per heavy atom. The lowest BCUT2D eigenvalue weighted by Crippen LogP contribution is -2.31. The van der Waals surface area contributed by atoms with Gasteiger partial charge in [-0.2, -0.15) is 0 Å². The van der Waals surface area contributed by atoms with Gasteiger partial charge in [0.15, 0.2) is 0 Å². The summed E-state index contributed by atoms with van der Waals surface area (Å²) in [5, 5.41) is 3.38. The molecule has 2 aromatic heterocycles. The van der Waals surface area contributed by atoms with Crippen molar-refractivity contribution in [3.8, 4) is 0 Å². The average Bonchev–Trinajstić information content (AvgIpc) is 2.66. The minimum atomic E-state index is 0.701. The lowest BCUT2D eigenvalue weighted by molar-refractivity contribution is 0.717. The van der Waals surface area contributed by atoms with Crippen LogP contribution in [-0.4, -0.2) is 21.5 Å². The number of aromatic nitrogens is 3. The van der Waals surface area contributed by atoms with Gasteiger partial charge in [0.2, 0.25) is 0 Å². The molecule has 3 aromatic rings. The SMILES string of the molecule is Cc1nc(NCc2cccnc2)cc(N2CCc3ccccc3C2)n1. The first kappa shape index (κ1) is 15.6. The van der Waals surface area contributed by atoms with E-state index in [1.54, 1.807) is 6.20 Å². The third-order valence-electron chi connectivity index (χ3n) is 4.48. The zero-order valence-corrected chi connectivity index (χ0v) is 14.3. The molecule has 126 valence electrons. The molecule has 0 spiro atoms. The molecule has 1 aliphatic rings. The Morgan fingerprint density at radius 3 is 2.80 bits per heavy atom. The minimum absolute atomic E-state index is 0.701. The number of hydrogen-bond acceptors (Lipinski definition) is 5. The van der Waals surface area contributed by atoms with Gasteiger partial charge in [0.25, 0.3) is 0 Å². The Labute approximate surface area is 147 Å². The molecule has 1 aromatic carbocycles. The van der Waals surface area contributed by atoms with Gasteiger partial charge in [0, 0.05) is 38.1 Å². The van der Waals surface area contributed by atoms with Crippen molar-refractivity contribution in [2.45, 2.75) is 26.4 Å². The van der Waals surface area contributed by atoms with Gasteiger partial charge in [-0.1, -0.05) is 30.3 Å². The monoisotopic (exact) mass is 331 g/mol. The number of nitrogens with one attached hydrogen (secondary N) is 1. The lowest BCUT2D eigenvalue weighted by atomic mass is 10.00. The smallest absolute Gasteiger partial charge is 0.134 e. The Kier molecular flexibility index (Phi) is 4.29. The number of hydrogen-bond donors (Lipinski definition) is 1. The number of nitrogens with zero attached hydrogens (tertiary/aromatic N) is 4.